The third-order valence-corrected chi connectivity index (χ3v) is 1.08. The average Bonchev–Trinajstić information content (AvgIpc) is 1.86. The van der Waals surface area contributed by atoms with Crippen molar-refractivity contribution in [3.63, 3.8) is 0 Å². The molecule has 0 bridgehead atoms. The third kappa shape index (κ3) is 4.32. The Morgan fingerprint density at radius 3 is 2.55 bits per heavy atom. The fourth-order valence-corrected chi connectivity index (χ4v) is 0.586. The Balaban J connectivity index is 3.73. The van der Waals surface area contributed by atoms with Crippen LogP contribution in [-0.2, 0) is 9.59 Å². The molecule has 11 heavy (non-hydrogen) atoms. The second kappa shape index (κ2) is 4.68. The Morgan fingerprint density at radius 2 is 2.18 bits per heavy atom. The van der Waals surface area contributed by atoms with Crippen LogP contribution < -0.4 is 11.1 Å². The molecule has 5 nitrogen and oxygen atoms in total. The van der Waals surface area contributed by atoms with Gasteiger partial charge >= 0.3 is 5.97 Å². The molecule has 0 fully saturated rings. The first-order chi connectivity index (χ1) is 5.07. The first-order valence-electron chi connectivity index (χ1n) is 3.33. The first-order valence-corrected chi connectivity index (χ1v) is 3.33. The highest BCUT2D eigenvalue weighted by Gasteiger charge is 2.15. The summed E-state index contributed by atoms with van der Waals surface area (Å²) >= 11 is 0. The van der Waals surface area contributed by atoms with Gasteiger partial charge in [-0.25, -0.2) is 0 Å². The van der Waals surface area contributed by atoms with Crippen LogP contribution in [0.25, 0.3) is 0 Å². The lowest BCUT2D eigenvalue weighted by molar-refractivity contribution is -0.139. The minimum atomic E-state index is -1.07. The van der Waals surface area contributed by atoms with Gasteiger partial charge < -0.3 is 16.2 Å². The van der Waals surface area contributed by atoms with Gasteiger partial charge in [0.05, 0.1) is 12.5 Å². The van der Waals surface area contributed by atoms with E-state index in [0.29, 0.717) is 6.54 Å². The molecule has 0 aromatic heterocycles. The van der Waals surface area contributed by atoms with E-state index in [-0.39, 0.29) is 6.42 Å². The molecule has 4 N–H and O–H groups in total. The number of hydrogen-bond acceptors (Lipinski definition) is 3. The average molecular weight is 160 g/mol. The van der Waals surface area contributed by atoms with Crippen LogP contribution in [0.3, 0.4) is 0 Å². The minimum Gasteiger partial charge on any atom is -0.481 e. The van der Waals surface area contributed by atoms with Crippen LogP contribution in [0.1, 0.15) is 13.3 Å². The number of likely N-dealkylation sites (N-methyl/N-ethyl adjacent to an activating group) is 1. The van der Waals surface area contributed by atoms with Crippen molar-refractivity contribution < 1.29 is 14.7 Å². The zero-order chi connectivity index (χ0) is 8.85. The van der Waals surface area contributed by atoms with E-state index in [9.17, 15) is 9.59 Å². The number of carboxylic acid groups (broad SMARTS) is 1. The van der Waals surface area contributed by atoms with Gasteiger partial charge in [0.2, 0.25) is 5.91 Å². The fourth-order valence-electron chi connectivity index (χ4n) is 0.586. The van der Waals surface area contributed by atoms with E-state index >= 15 is 0 Å². The van der Waals surface area contributed by atoms with Crippen LogP contribution in [0.15, 0.2) is 0 Å². The number of hydrogen-bond donors (Lipinski definition) is 3. The van der Waals surface area contributed by atoms with Crippen molar-refractivity contribution in [2.45, 2.75) is 19.4 Å². The second-order valence-corrected chi connectivity index (χ2v) is 2.10. The van der Waals surface area contributed by atoms with Gasteiger partial charge in [0.25, 0.3) is 0 Å². The summed E-state index contributed by atoms with van der Waals surface area (Å²) in [5.74, 6) is -1.49. The third-order valence-electron chi connectivity index (χ3n) is 1.08. The quantitative estimate of drug-likeness (QED) is 0.488. The van der Waals surface area contributed by atoms with Gasteiger partial charge in [-0.3, -0.25) is 9.59 Å². The molecule has 5 heteroatoms. The van der Waals surface area contributed by atoms with Crippen LogP contribution in [0.5, 0.6) is 0 Å². The van der Waals surface area contributed by atoms with Crippen molar-refractivity contribution in [1.29, 1.82) is 0 Å². The molecule has 0 aliphatic rings. The van der Waals surface area contributed by atoms with Gasteiger partial charge in [0, 0.05) is 6.54 Å². The number of rotatable bonds is 4. The highest BCUT2D eigenvalue weighted by molar-refractivity contribution is 5.85. The Morgan fingerprint density at radius 1 is 1.64 bits per heavy atom. The molecule has 0 rings (SSSR count). The number of carbonyl (C=O) groups excluding carboxylic acids is 1. The van der Waals surface area contributed by atoms with E-state index in [1.54, 1.807) is 6.92 Å². The minimum absolute atomic E-state index is 0.328. The van der Waals surface area contributed by atoms with Gasteiger partial charge in [-0.2, -0.15) is 0 Å². The largest absolute Gasteiger partial charge is 0.481 e. The van der Waals surface area contributed by atoms with Crippen molar-refractivity contribution in [2.75, 3.05) is 6.54 Å². The molecular formula is C6H12N2O3. The molecule has 0 heterocycles. The maximum Gasteiger partial charge on any atom is 0.305 e. The molecule has 0 saturated heterocycles. The first kappa shape index (κ1) is 9.90. The summed E-state index contributed by atoms with van der Waals surface area (Å²) in [6, 6.07) is -0.938. The summed E-state index contributed by atoms with van der Waals surface area (Å²) in [6.07, 6.45) is -0.328. The lowest BCUT2D eigenvalue weighted by Gasteiger charge is -2.07. The molecule has 1 unspecified atom stereocenters. The SMILES string of the molecule is CCNC(=O)C(N)CC(=O)O. The van der Waals surface area contributed by atoms with E-state index < -0.39 is 17.9 Å². The molecule has 64 valence electrons. The number of nitrogens with one attached hydrogen (secondary N) is 1. The van der Waals surface area contributed by atoms with Crippen LogP contribution >= 0.6 is 0 Å². The number of carbonyl (C=O) groups is 2. The van der Waals surface area contributed by atoms with Crippen molar-refractivity contribution in [2.24, 2.45) is 5.73 Å². The fraction of sp³-hybridized carbons (Fsp3) is 0.667. The van der Waals surface area contributed by atoms with Crippen molar-refractivity contribution in [3.05, 3.63) is 0 Å². The maximum atomic E-state index is 10.8. The number of aliphatic carboxylic acids is 1. The van der Waals surface area contributed by atoms with Crippen molar-refractivity contribution in [1.82, 2.24) is 5.32 Å². The molecule has 0 spiro atoms. The van der Waals surface area contributed by atoms with Crippen LogP contribution in [0.2, 0.25) is 0 Å². The Hall–Kier alpha value is -1.10. The topological polar surface area (TPSA) is 92.4 Å². The summed E-state index contributed by atoms with van der Waals surface area (Å²) < 4.78 is 0. The summed E-state index contributed by atoms with van der Waals surface area (Å²) in [6.45, 7) is 2.21. The molecule has 0 saturated carbocycles. The lowest BCUT2D eigenvalue weighted by Crippen LogP contribution is -2.41. The smallest absolute Gasteiger partial charge is 0.305 e. The molecule has 0 aromatic rings. The number of amides is 1. The predicted octanol–water partition coefficient (Wildman–Crippen LogP) is -1.08. The number of nitrogens with two attached hydrogens (primary N) is 1. The second-order valence-electron chi connectivity index (χ2n) is 2.10. The Kier molecular flexibility index (Phi) is 4.21. The highest BCUT2D eigenvalue weighted by atomic mass is 16.4. The van der Waals surface area contributed by atoms with Crippen LogP contribution in [0.4, 0.5) is 0 Å². The molecule has 0 aliphatic heterocycles. The van der Waals surface area contributed by atoms with Crippen LogP contribution in [0, 0.1) is 0 Å². The predicted molar refractivity (Wildman–Crippen MR) is 38.9 cm³/mol. The van der Waals surface area contributed by atoms with Gasteiger partial charge in [-0.1, -0.05) is 0 Å². The van der Waals surface area contributed by atoms with Gasteiger partial charge in [-0.15, -0.1) is 0 Å². The van der Waals surface area contributed by atoms with E-state index in [2.05, 4.69) is 5.32 Å². The molecule has 0 aliphatic carbocycles. The summed E-state index contributed by atoms with van der Waals surface area (Å²) in [7, 11) is 0. The zero-order valence-electron chi connectivity index (χ0n) is 6.33. The Bertz CT molecular complexity index is 158. The normalized spacial score (nSPS) is 12.2. The summed E-state index contributed by atoms with van der Waals surface area (Å²) in [5, 5.41) is 10.7. The summed E-state index contributed by atoms with van der Waals surface area (Å²) in [5.41, 5.74) is 5.21. The summed E-state index contributed by atoms with van der Waals surface area (Å²) in [4.78, 5) is 20.8. The standard InChI is InChI=1S/C6H12N2O3/c1-2-8-6(11)4(7)3-5(9)10/h4H,2-3,7H2,1H3,(H,8,11)(H,9,10). The Labute approximate surface area is 64.6 Å². The zero-order valence-corrected chi connectivity index (χ0v) is 6.33. The van der Waals surface area contributed by atoms with Gasteiger partial charge in [0.1, 0.15) is 0 Å². The van der Waals surface area contributed by atoms with Crippen LogP contribution in [-0.4, -0.2) is 29.6 Å². The lowest BCUT2D eigenvalue weighted by atomic mass is 10.2. The molecule has 1 atom stereocenters. The monoisotopic (exact) mass is 160 g/mol. The molecule has 0 radical (unpaired) electrons. The highest BCUT2D eigenvalue weighted by Crippen LogP contribution is 1.87. The van der Waals surface area contributed by atoms with Crippen molar-refractivity contribution in [3.8, 4) is 0 Å². The van der Waals surface area contributed by atoms with E-state index in [0.717, 1.165) is 0 Å². The maximum absolute atomic E-state index is 10.8. The van der Waals surface area contributed by atoms with Gasteiger partial charge in [-0.05, 0) is 6.92 Å². The van der Waals surface area contributed by atoms with E-state index in [1.165, 1.54) is 0 Å². The molecule has 1 amide bonds. The van der Waals surface area contributed by atoms with E-state index in [1.807, 2.05) is 0 Å². The molecule has 0 aromatic carbocycles. The molecular weight excluding hydrogens is 148 g/mol. The number of carboxylic acids is 1. The van der Waals surface area contributed by atoms with Gasteiger partial charge in [0.15, 0.2) is 0 Å². The van der Waals surface area contributed by atoms with E-state index in [4.69, 9.17) is 10.8 Å². The van der Waals surface area contributed by atoms with Crippen molar-refractivity contribution >= 4 is 11.9 Å².